The topological polar surface area (TPSA) is 51.8 Å². The third-order valence-corrected chi connectivity index (χ3v) is 3.08. The van der Waals surface area contributed by atoms with Gasteiger partial charge in [-0.05, 0) is 25.0 Å². The monoisotopic (exact) mass is 265 g/mol. The highest BCUT2D eigenvalue weighted by Crippen LogP contribution is 2.23. The molecule has 1 aromatic heterocycles. The molecule has 0 aliphatic heterocycles. The number of nitrogens with two attached hydrogens (primary N) is 1. The van der Waals surface area contributed by atoms with Crippen LogP contribution in [0.4, 0.5) is 4.39 Å². The van der Waals surface area contributed by atoms with Crippen molar-refractivity contribution < 1.29 is 4.39 Å². The lowest BCUT2D eigenvalue weighted by Crippen LogP contribution is -2.15. The standard InChI is InChI=1S/C13H13ClFN3/c1-8-6-18-12(7-17-8)11(16)5-9-3-2-4-10(15)13(9)14/h2-4,6-7,11H,5,16H2,1H3. The van der Waals surface area contributed by atoms with Gasteiger partial charge < -0.3 is 5.73 Å². The second kappa shape index (κ2) is 5.42. The van der Waals surface area contributed by atoms with E-state index in [1.54, 1.807) is 24.5 Å². The third-order valence-electron chi connectivity index (χ3n) is 2.65. The van der Waals surface area contributed by atoms with E-state index in [1.165, 1.54) is 6.07 Å². The van der Waals surface area contributed by atoms with Crippen molar-refractivity contribution in [2.45, 2.75) is 19.4 Å². The molecule has 94 valence electrons. The molecule has 0 fully saturated rings. The fourth-order valence-electron chi connectivity index (χ4n) is 1.64. The summed E-state index contributed by atoms with van der Waals surface area (Å²) in [5.41, 5.74) is 8.18. The lowest BCUT2D eigenvalue weighted by molar-refractivity contribution is 0.621. The quantitative estimate of drug-likeness (QED) is 0.928. The van der Waals surface area contributed by atoms with Crippen LogP contribution in [0.5, 0.6) is 0 Å². The number of hydrogen-bond acceptors (Lipinski definition) is 3. The largest absolute Gasteiger partial charge is 0.322 e. The van der Waals surface area contributed by atoms with Gasteiger partial charge in [0.2, 0.25) is 0 Å². The van der Waals surface area contributed by atoms with E-state index < -0.39 is 5.82 Å². The molecular weight excluding hydrogens is 253 g/mol. The molecule has 2 rings (SSSR count). The molecule has 0 saturated heterocycles. The van der Waals surface area contributed by atoms with Crippen molar-refractivity contribution in [2.24, 2.45) is 5.73 Å². The molecule has 0 radical (unpaired) electrons. The number of rotatable bonds is 3. The summed E-state index contributed by atoms with van der Waals surface area (Å²) in [5.74, 6) is -0.434. The fourth-order valence-corrected chi connectivity index (χ4v) is 1.84. The predicted octanol–water partition coefficient (Wildman–Crippen LogP) is 2.82. The Kier molecular flexibility index (Phi) is 3.89. The predicted molar refractivity (Wildman–Crippen MR) is 68.8 cm³/mol. The molecule has 0 spiro atoms. The Bertz CT molecular complexity index is 542. The molecule has 2 aromatic rings. The first-order valence-corrected chi connectivity index (χ1v) is 5.92. The number of hydrogen-bond donors (Lipinski definition) is 1. The average Bonchev–Trinajstić information content (AvgIpc) is 2.36. The summed E-state index contributed by atoms with van der Waals surface area (Å²) in [6.45, 7) is 1.85. The maximum absolute atomic E-state index is 13.3. The summed E-state index contributed by atoms with van der Waals surface area (Å²) < 4.78 is 13.3. The molecule has 0 bridgehead atoms. The Hall–Kier alpha value is -1.52. The minimum absolute atomic E-state index is 0.119. The van der Waals surface area contributed by atoms with Crippen LogP contribution in [0.3, 0.4) is 0 Å². The van der Waals surface area contributed by atoms with Crippen molar-refractivity contribution >= 4 is 11.6 Å². The lowest BCUT2D eigenvalue weighted by atomic mass is 10.0. The molecule has 2 N–H and O–H groups in total. The SMILES string of the molecule is Cc1cnc(C(N)Cc2cccc(F)c2Cl)cn1. The summed E-state index contributed by atoms with van der Waals surface area (Å²) in [6.07, 6.45) is 3.71. The Morgan fingerprint density at radius 1 is 1.33 bits per heavy atom. The molecule has 18 heavy (non-hydrogen) atoms. The van der Waals surface area contributed by atoms with E-state index in [-0.39, 0.29) is 11.1 Å². The molecule has 1 aromatic carbocycles. The van der Waals surface area contributed by atoms with Crippen LogP contribution in [0.1, 0.15) is 23.0 Å². The van der Waals surface area contributed by atoms with Crippen molar-refractivity contribution in [2.75, 3.05) is 0 Å². The Morgan fingerprint density at radius 2 is 2.11 bits per heavy atom. The van der Waals surface area contributed by atoms with Crippen molar-refractivity contribution in [3.63, 3.8) is 0 Å². The van der Waals surface area contributed by atoms with Crippen LogP contribution in [0.15, 0.2) is 30.6 Å². The van der Waals surface area contributed by atoms with E-state index in [9.17, 15) is 4.39 Å². The second-order valence-electron chi connectivity index (χ2n) is 4.11. The van der Waals surface area contributed by atoms with Crippen LogP contribution < -0.4 is 5.73 Å². The first-order valence-electron chi connectivity index (χ1n) is 5.55. The Labute approximate surface area is 110 Å². The Balaban J connectivity index is 2.18. The minimum atomic E-state index is -0.434. The molecule has 1 heterocycles. The van der Waals surface area contributed by atoms with E-state index >= 15 is 0 Å². The first kappa shape index (κ1) is 12.9. The molecule has 1 unspecified atom stereocenters. The number of nitrogens with zero attached hydrogens (tertiary/aromatic N) is 2. The van der Waals surface area contributed by atoms with Crippen LogP contribution in [-0.2, 0) is 6.42 Å². The van der Waals surface area contributed by atoms with Crippen LogP contribution in [0.2, 0.25) is 5.02 Å². The maximum atomic E-state index is 13.3. The van der Waals surface area contributed by atoms with Crippen LogP contribution >= 0.6 is 11.6 Å². The zero-order valence-corrected chi connectivity index (χ0v) is 10.7. The van der Waals surface area contributed by atoms with Gasteiger partial charge in [0.1, 0.15) is 5.82 Å². The van der Waals surface area contributed by atoms with Crippen molar-refractivity contribution in [3.8, 4) is 0 Å². The number of halogens is 2. The molecule has 3 nitrogen and oxygen atoms in total. The van der Waals surface area contributed by atoms with Gasteiger partial charge in [0.05, 0.1) is 28.6 Å². The van der Waals surface area contributed by atoms with E-state index in [1.807, 2.05) is 6.92 Å². The van der Waals surface area contributed by atoms with Crippen LogP contribution in [0.25, 0.3) is 0 Å². The number of benzene rings is 1. The van der Waals surface area contributed by atoms with Gasteiger partial charge in [-0.2, -0.15) is 0 Å². The molecule has 0 saturated carbocycles. The molecular formula is C13H13ClFN3. The summed E-state index contributed by atoms with van der Waals surface area (Å²) in [6, 6.07) is 4.34. The van der Waals surface area contributed by atoms with Gasteiger partial charge >= 0.3 is 0 Å². The smallest absolute Gasteiger partial charge is 0.142 e. The van der Waals surface area contributed by atoms with Gasteiger partial charge in [-0.1, -0.05) is 23.7 Å². The summed E-state index contributed by atoms with van der Waals surface area (Å²) in [7, 11) is 0. The molecule has 1 atom stereocenters. The summed E-state index contributed by atoms with van der Waals surface area (Å²) in [5, 5.41) is 0.119. The van der Waals surface area contributed by atoms with Crippen LogP contribution in [0, 0.1) is 12.7 Å². The molecule has 5 heteroatoms. The molecule has 0 amide bonds. The second-order valence-corrected chi connectivity index (χ2v) is 4.48. The number of aryl methyl sites for hydroxylation is 1. The lowest BCUT2D eigenvalue weighted by Gasteiger charge is -2.12. The maximum Gasteiger partial charge on any atom is 0.142 e. The zero-order chi connectivity index (χ0) is 13.1. The van der Waals surface area contributed by atoms with Gasteiger partial charge in [-0.15, -0.1) is 0 Å². The van der Waals surface area contributed by atoms with Crippen LogP contribution in [-0.4, -0.2) is 9.97 Å². The highest BCUT2D eigenvalue weighted by Gasteiger charge is 2.13. The highest BCUT2D eigenvalue weighted by atomic mass is 35.5. The van der Waals surface area contributed by atoms with Gasteiger partial charge in [-0.25, -0.2) is 4.39 Å². The molecule has 0 aliphatic carbocycles. The average molecular weight is 266 g/mol. The zero-order valence-electron chi connectivity index (χ0n) is 9.90. The number of aromatic nitrogens is 2. The minimum Gasteiger partial charge on any atom is -0.322 e. The van der Waals surface area contributed by atoms with Gasteiger partial charge in [-0.3, -0.25) is 9.97 Å². The first-order chi connectivity index (χ1) is 8.58. The van der Waals surface area contributed by atoms with Crippen molar-refractivity contribution in [3.05, 3.63) is 58.4 Å². The molecule has 0 aliphatic rings. The van der Waals surface area contributed by atoms with Crippen molar-refractivity contribution in [1.82, 2.24) is 9.97 Å². The van der Waals surface area contributed by atoms with Gasteiger partial charge in [0.15, 0.2) is 0 Å². The third kappa shape index (κ3) is 2.83. The van der Waals surface area contributed by atoms with Gasteiger partial charge in [0, 0.05) is 6.20 Å². The van der Waals surface area contributed by atoms with E-state index in [4.69, 9.17) is 17.3 Å². The van der Waals surface area contributed by atoms with E-state index in [2.05, 4.69) is 9.97 Å². The Morgan fingerprint density at radius 3 is 2.78 bits per heavy atom. The highest BCUT2D eigenvalue weighted by molar-refractivity contribution is 6.31. The van der Waals surface area contributed by atoms with Crippen molar-refractivity contribution in [1.29, 1.82) is 0 Å². The van der Waals surface area contributed by atoms with Gasteiger partial charge in [0.25, 0.3) is 0 Å². The van der Waals surface area contributed by atoms with E-state index in [0.29, 0.717) is 17.7 Å². The fraction of sp³-hybridized carbons (Fsp3) is 0.231. The normalized spacial score (nSPS) is 12.4. The summed E-state index contributed by atoms with van der Waals surface area (Å²) in [4.78, 5) is 8.33. The van der Waals surface area contributed by atoms with E-state index in [0.717, 1.165) is 5.69 Å². The summed E-state index contributed by atoms with van der Waals surface area (Å²) >= 11 is 5.88.